The molecule has 186 valence electrons. The number of hydrogen-bond acceptors (Lipinski definition) is 5. The molecule has 37 heavy (non-hydrogen) atoms. The molecule has 2 aliphatic carbocycles. The number of halogens is 1. The summed E-state index contributed by atoms with van der Waals surface area (Å²) in [6.07, 6.45) is 1.85. The molecule has 0 N–H and O–H groups in total. The van der Waals surface area contributed by atoms with Gasteiger partial charge in [-0.25, -0.2) is 4.79 Å². The van der Waals surface area contributed by atoms with E-state index in [0.29, 0.717) is 22.2 Å². The highest BCUT2D eigenvalue weighted by atomic mass is 35.5. The van der Waals surface area contributed by atoms with E-state index in [2.05, 4.69) is 12.1 Å². The van der Waals surface area contributed by atoms with E-state index in [-0.39, 0.29) is 46.8 Å². The van der Waals surface area contributed by atoms with Crippen LogP contribution in [0.4, 0.5) is 5.69 Å². The molecule has 1 heterocycles. The zero-order chi connectivity index (χ0) is 25.7. The molecular formula is C30H24ClNO5. The summed E-state index contributed by atoms with van der Waals surface area (Å²) in [6, 6.07) is 22.8. The topological polar surface area (TPSA) is 80.8 Å². The number of imide groups is 1. The van der Waals surface area contributed by atoms with Gasteiger partial charge in [0.1, 0.15) is 0 Å². The molecule has 6 nitrogen and oxygen atoms in total. The van der Waals surface area contributed by atoms with Gasteiger partial charge in [-0.3, -0.25) is 19.3 Å². The lowest BCUT2D eigenvalue weighted by molar-refractivity contribution is -0.123. The minimum atomic E-state index is -0.659. The van der Waals surface area contributed by atoms with Crippen LogP contribution < -0.4 is 4.90 Å². The molecule has 0 aromatic heterocycles. The zero-order valence-corrected chi connectivity index (χ0v) is 20.6. The first-order valence-electron chi connectivity index (χ1n) is 12.4. The highest BCUT2D eigenvalue weighted by molar-refractivity contribution is 6.30. The van der Waals surface area contributed by atoms with Crippen molar-refractivity contribution in [2.45, 2.75) is 18.8 Å². The Morgan fingerprint density at radius 2 is 1.46 bits per heavy atom. The molecule has 6 rings (SSSR count). The quantitative estimate of drug-likeness (QED) is 0.253. The number of Topliss-reactive ketones (excluding diaryl/α,β-unsaturated/α-hetero) is 1. The van der Waals surface area contributed by atoms with Gasteiger partial charge in [0.2, 0.25) is 11.8 Å². The van der Waals surface area contributed by atoms with Gasteiger partial charge in [-0.1, -0.05) is 41.9 Å². The number of hydrogen-bond donors (Lipinski definition) is 0. The number of amides is 2. The van der Waals surface area contributed by atoms with Crippen LogP contribution in [-0.2, 0) is 14.3 Å². The van der Waals surface area contributed by atoms with Gasteiger partial charge in [-0.05, 0) is 84.7 Å². The Morgan fingerprint density at radius 1 is 0.811 bits per heavy atom. The van der Waals surface area contributed by atoms with Crippen LogP contribution in [0.2, 0.25) is 5.02 Å². The summed E-state index contributed by atoms with van der Waals surface area (Å²) in [5.41, 5.74) is 2.32. The number of ketones is 1. The Balaban J connectivity index is 1.13. The summed E-state index contributed by atoms with van der Waals surface area (Å²) in [7, 11) is 0. The molecule has 5 unspecified atom stereocenters. The lowest BCUT2D eigenvalue weighted by Gasteiger charge is -2.28. The van der Waals surface area contributed by atoms with Gasteiger partial charge in [0.15, 0.2) is 12.4 Å². The number of fused-ring (bicyclic) bond motifs is 5. The molecule has 2 bridgehead atoms. The lowest BCUT2D eigenvalue weighted by Crippen LogP contribution is -2.33. The van der Waals surface area contributed by atoms with E-state index in [1.54, 1.807) is 36.4 Å². The molecule has 3 fully saturated rings. The van der Waals surface area contributed by atoms with Crippen molar-refractivity contribution in [3.63, 3.8) is 0 Å². The van der Waals surface area contributed by atoms with Crippen LogP contribution in [0.15, 0.2) is 78.9 Å². The molecule has 3 aromatic rings. The molecule has 3 aliphatic rings. The molecule has 3 aromatic carbocycles. The maximum Gasteiger partial charge on any atom is 0.338 e. The average Bonchev–Trinajstić information content (AvgIpc) is 3.59. The van der Waals surface area contributed by atoms with Crippen LogP contribution in [0, 0.1) is 23.7 Å². The minimum absolute atomic E-state index is 0.141. The number of benzene rings is 3. The summed E-state index contributed by atoms with van der Waals surface area (Å²) in [4.78, 5) is 52.9. The third kappa shape index (κ3) is 4.05. The summed E-state index contributed by atoms with van der Waals surface area (Å²) < 4.78 is 5.16. The monoisotopic (exact) mass is 513 g/mol. The van der Waals surface area contributed by atoms with Crippen molar-refractivity contribution >= 4 is 40.9 Å². The fourth-order valence-corrected chi connectivity index (χ4v) is 6.60. The Morgan fingerprint density at radius 3 is 2.16 bits per heavy atom. The fourth-order valence-electron chi connectivity index (χ4n) is 6.48. The molecule has 1 aliphatic heterocycles. The number of nitrogens with zero attached hydrogens (tertiary/aromatic N) is 1. The van der Waals surface area contributed by atoms with Gasteiger partial charge in [0, 0.05) is 10.6 Å². The van der Waals surface area contributed by atoms with E-state index >= 15 is 0 Å². The number of carbonyl (C=O) groups excluding carboxylic acids is 4. The molecule has 0 radical (unpaired) electrons. The third-order valence-corrected chi connectivity index (χ3v) is 8.36. The maximum atomic E-state index is 13.5. The first-order valence-corrected chi connectivity index (χ1v) is 12.8. The molecule has 0 spiro atoms. The summed E-state index contributed by atoms with van der Waals surface area (Å²) in [6.45, 7) is -0.403. The smallest absolute Gasteiger partial charge is 0.338 e. The summed E-state index contributed by atoms with van der Waals surface area (Å²) >= 11 is 5.84. The summed E-state index contributed by atoms with van der Waals surface area (Å²) in [5, 5.41) is 0.510. The normalized spacial score (nSPS) is 25.9. The predicted octanol–water partition coefficient (Wildman–Crippen LogP) is 5.31. The Labute approximate surface area is 219 Å². The van der Waals surface area contributed by atoms with Gasteiger partial charge in [0.05, 0.1) is 23.1 Å². The van der Waals surface area contributed by atoms with Crippen LogP contribution in [0.5, 0.6) is 0 Å². The van der Waals surface area contributed by atoms with E-state index in [1.807, 2.05) is 18.2 Å². The summed E-state index contributed by atoms with van der Waals surface area (Å²) in [5.74, 6) is -1.15. The van der Waals surface area contributed by atoms with Crippen LogP contribution in [0.1, 0.15) is 45.0 Å². The molecule has 2 amide bonds. The number of esters is 1. The Hall–Kier alpha value is -3.77. The van der Waals surface area contributed by atoms with E-state index in [4.69, 9.17) is 16.3 Å². The van der Waals surface area contributed by atoms with Gasteiger partial charge in [0.25, 0.3) is 0 Å². The van der Waals surface area contributed by atoms with Crippen molar-refractivity contribution in [1.29, 1.82) is 0 Å². The Kier molecular flexibility index (Phi) is 5.92. The minimum Gasteiger partial charge on any atom is -0.454 e. The second kappa shape index (κ2) is 9.27. The number of carbonyl (C=O) groups is 4. The van der Waals surface area contributed by atoms with Crippen molar-refractivity contribution in [1.82, 2.24) is 0 Å². The van der Waals surface area contributed by atoms with Crippen molar-refractivity contribution in [2.75, 3.05) is 11.5 Å². The van der Waals surface area contributed by atoms with Crippen molar-refractivity contribution in [3.05, 3.63) is 101 Å². The SMILES string of the molecule is O=C(COC(=O)c1ccc(N2C(=O)C3C4CC(c5ccccc5)C(C4)C3C2=O)cc1)c1ccc(Cl)cc1. The first kappa shape index (κ1) is 23.6. The maximum absolute atomic E-state index is 13.5. The molecule has 7 heteroatoms. The van der Waals surface area contributed by atoms with Gasteiger partial charge in [-0.2, -0.15) is 0 Å². The van der Waals surface area contributed by atoms with Gasteiger partial charge >= 0.3 is 5.97 Å². The number of rotatable bonds is 6. The highest BCUT2D eigenvalue weighted by Gasteiger charge is 2.64. The van der Waals surface area contributed by atoms with Crippen LogP contribution >= 0.6 is 11.6 Å². The molecule has 2 saturated carbocycles. The van der Waals surface area contributed by atoms with Crippen molar-refractivity contribution in [3.8, 4) is 0 Å². The molecular weight excluding hydrogens is 490 g/mol. The average molecular weight is 514 g/mol. The molecule has 1 saturated heterocycles. The van der Waals surface area contributed by atoms with Crippen LogP contribution in [0.3, 0.4) is 0 Å². The fraction of sp³-hybridized carbons (Fsp3) is 0.267. The van der Waals surface area contributed by atoms with E-state index in [0.717, 1.165) is 12.8 Å². The van der Waals surface area contributed by atoms with E-state index < -0.39 is 12.6 Å². The van der Waals surface area contributed by atoms with Crippen molar-refractivity contribution in [2.24, 2.45) is 23.7 Å². The van der Waals surface area contributed by atoms with Crippen LogP contribution in [0.25, 0.3) is 0 Å². The van der Waals surface area contributed by atoms with E-state index in [1.165, 1.54) is 22.6 Å². The first-order chi connectivity index (χ1) is 17.9. The largest absolute Gasteiger partial charge is 0.454 e. The van der Waals surface area contributed by atoms with Crippen molar-refractivity contribution < 1.29 is 23.9 Å². The lowest BCUT2D eigenvalue weighted by atomic mass is 9.73. The third-order valence-electron chi connectivity index (χ3n) is 8.11. The second-order valence-corrected chi connectivity index (χ2v) is 10.5. The number of ether oxygens (including phenoxy) is 1. The Bertz CT molecular complexity index is 1390. The highest BCUT2D eigenvalue weighted by Crippen LogP contribution is 2.61. The molecule has 5 atom stereocenters. The van der Waals surface area contributed by atoms with Crippen LogP contribution in [-0.4, -0.2) is 30.2 Å². The van der Waals surface area contributed by atoms with Gasteiger partial charge < -0.3 is 4.74 Å². The predicted molar refractivity (Wildman–Crippen MR) is 137 cm³/mol. The van der Waals surface area contributed by atoms with Gasteiger partial charge in [-0.15, -0.1) is 0 Å². The van der Waals surface area contributed by atoms with E-state index in [9.17, 15) is 19.2 Å². The second-order valence-electron chi connectivity index (χ2n) is 10.0. The zero-order valence-electron chi connectivity index (χ0n) is 19.9. The number of anilines is 1. The standard InChI is InChI=1S/C30H24ClNO5/c31-21-10-6-18(7-11-21)25(33)16-37-30(36)19-8-12-22(13-9-19)32-28(34)26-20-14-23(17-4-2-1-3-5-17)24(15-20)27(26)29(32)35/h1-13,20,23-24,26-27H,14-16H2.